The zero-order valence-corrected chi connectivity index (χ0v) is 13.2. The van der Waals surface area contributed by atoms with Crippen LogP contribution in [-0.4, -0.2) is 28.2 Å². The largest absolute Gasteiger partial charge is 0.350 e. The molecule has 0 saturated carbocycles. The van der Waals surface area contributed by atoms with Crippen LogP contribution >= 0.6 is 15.9 Å². The fraction of sp³-hybridized carbons (Fsp3) is 0.462. The number of carbonyl (C=O) groups is 1. The average molecular weight is 332 g/mol. The summed E-state index contributed by atoms with van der Waals surface area (Å²) in [5.41, 5.74) is 1.73. The highest BCUT2D eigenvalue weighted by atomic mass is 79.9. The van der Waals surface area contributed by atoms with Gasteiger partial charge < -0.3 is 5.32 Å². The summed E-state index contributed by atoms with van der Waals surface area (Å²) in [7, 11) is -0.811. The molecule has 1 N–H and O–H groups in total. The molecule has 0 saturated heterocycles. The van der Waals surface area contributed by atoms with Gasteiger partial charge in [-0.05, 0) is 38.0 Å². The predicted octanol–water partition coefficient (Wildman–Crippen LogP) is 2.64. The van der Waals surface area contributed by atoms with Crippen LogP contribution < -0.4 is 5.32 Å². The van der Waals surface area contributed by atoms with E-state index in [0.717, 1.165) is 16.5 Å². The Morgan fingerprint density at radius 2 is 2.17 bits per heavy atom. The number of halogens is 1. The Kier molecular flexibility index (Phi) is 6.02. The second-order valence-electron chi connectivity index (χ2n) is 4.40. The molecule has 0 aromatic heterocycles. The third-order valence-electron chi connectivity index (χ3n) is 2.65. The van der Waals surface area contributed by atoms with Gasteiger partial charge in [0, 0.05) is 38.9 Å². The van der Waals surface area contributed by atoms with Crippen LogP contribution in [0.15, 0.2) is 22.7 Å². The first kappa shape index (κ1) is 15.4. The number of aryl methyl sites for hydroxylation is 1. The Bertz CT molecular complexity index is 462. The molecule has 0 aliphatic carbocycles. The second-order valence-corrected chi connectivity index (χ2v) is 6.81. The lowest BCUT2D eigenvalue weighted by atomic mass is 10.1. The smallest absolute Gasteiger partial charge is 0.251 e. The van der Waals surface area contributed by atoms with Crippen LogP contribution in [0.4, 0.5) is 0 Å². The van der Waals surface area contributed by atoms with Gasteiger partial charge in [0.05, 0.1) is 0 Å². The van der Waals surface area contributed by atoms with Crippen LogP contribution in [0.5, 0.6) is 0 Å². The number of hydrogen-bond acceptors (Lipinski definition) is 2. The van der Waals surface area contributed by atoms with Crippen molar-refractivity contribution in [3.63, 3.8) is 0 Å². The maximum Gasteiger partial charge on any atom is 0.251 e. The fourth-order valence-electron chi connectivity index (χ4n) is 1.46. The van der Waals surface area contributed by atoms with Gasteiger partial charge in [0.1, 0.15) is 0 Å². The molecule has 2 atom stereocenters. The van der Waals surface area contributed by atoms with Gasteiger partial charge in [-0.15, -0.1) is 0 Å². The molecule has 100 valence electrons. The molecule has 1 amide bonds. The molecule has 0 fully saturated rings. The van der Waals surface area contributed by atoms with Crippen molar-refractivity contribution in [1.29, 1.82) is 0 Å². The zero-order chi connectivity index (χ0) is 13.7. The number of amides is 1. The standard InChI is InChI=1S/C13H18BrNO2S/c1-9-4-5-11(8-12(9)14)13(16)15-10(2)6-7-18(3)17/h4-5,8,10H,6-7H2,1-3H3,(H,15,16). The van der Waals surface area contributed by atoms with Crippen molar-refractivity contribution < 1.29 is 9.00 Å². The van der Waals surface area contributed by atoms with Gasteiger partial charge in [-0.1, -0.05) is 22.0 Å². The van der Waals surface area contributed by atoms with Crippen molar-refractivity contribution in [3.05, 3.63) is 33.8 Å². The number of hydrogen-bond donors (Lipinski definition) is 1. The predicted molar refractivity (Wildman–Crippen MR) is 79.4 cm³/mol. The monoisotopic (exact) mass is 331 g/mol. The molecule has 0 radical (unpaired) electrons. The molecule has 1 aromatic carbocycles. The molecule has 0 heterocycles. The highest BCUT2D eigenvalue weighted by Crippen LogP contribution is 2.17. The summed E-state index contributed by atoms with van der Waals surface area (Å²) in [6.45, 7) is 3.90. The van der Waals surface area contributed by atoms with E-state index < -0.39 is 10.8 Å². The molecule has 5 heteroatoms. The van der Waals surface area contributed by atoms with E-state index in [9.17, 15) is 9.00 Å². The van der Waals surface area contributed by atoms with Crippen LogP contribution in [0.3, 0.4) is 0 Å². The Morgan fingerprint density at radius 1 is 1.50 bits per heavy atom. The molecular formula is C13H18BrNO2S. The summed E-state index contributed by atoms with van der Waals surface area (Å²) in [4.78, 5) is 12.0. The lowest BCUT2D eigenvalue weighted by molar-refractivity contribution is 0.0939. The summed E-state index contributed by atoms with van der Waals surface area (Å²) in [5, 5.41) is 2.90. The van der Waals surface area contributed by atoms with Crippen LogP contribution in [0.2, 0.25) is 0 Å². The van der Waals surface area contributed by atoms with Crippen molar-refractivity contribution >= 4 is 32.6 Å². The normalized spacial score (nSPS) is 14.0. The Morgan fingerprint density at radius 3 is 2.72 bits per heavy atom. The Hall–Kier alpha value is -0.680. The summed E-state index contributed by atoms with van der Waals surface area (Å²) < 4.78 is 11.9. The molecule has 18 heavy (non-hydrogen) atoms. The second kappa shape index (κ2) is 7.04. The van der Waals surface area contributed by atoms with E-state index in [0.29, 0.717) is 11.3 Å². The van der Waals surface area contributed by atoms with Crippen molar-refractivity contribution in [2.75, 3.05) is 12.0 Å². The first-order valence-corrected chi connectivity index (χ1v) is 8.29. The highest BCUT2D eigenvalue weighted by molar-refractivity contribution is 9.10. The SMILES string of the molecule is Cc1ccc(C(=O)NC(C)CCS(C)=O)cc1Br. The van der Waals surface area contributed by atoms with E-state index in [1.807, 2.05) is 26.0 Å². The van der Waals surface area contributed by atoms with Crippen molar-refractivity contribution in [2.45, 2.75) is 26.3 Å². The van der Waals surface area contributed by atoms with Crippen LogP contribution in [0.25, 0.3) is 0 Å². The zero-order valence-electron chi connectivity index (χ0n) is 10.8. The fourth-order valence-corrected chi connectivity index (χ4v) is 2.52. The molecule has 1 rings (SSSR count). The molecule has 0 spiro atoms. The lowest BCUT2D eigenvalue weighted by Crippen LogP contribution is -2.33. The van der Waals surface area contributed by atoms with E-state index in [4.69, 9.17) is 0 Å². The van der Waals surface area contributed by atoms with Gasteiger partial charge in [0.2, 0.25) is 0 Å². The Labute approximate surface area is 119 Å². The maximum atomic E-state index is 12.0. The summed E-state index contributed by atoms with van der Waals surface area (Å²) in [5.74, 6) is 0.518. The van der Waals surface area contributed by atoms with Crippen LogP contribution in [0, 0.1) is 6.92 Å². The third-order valence-corrected chi connectivity index (χ3v) is 4.31. The van der Waals surface area contributed by atoms with Gasteiger partial charge in [-0.25, -0.2) is 0 Å². The molecule has 2 unspecified atom stereocenters. The molecule has 3 nitrogen and oxygen atoms in total. The average Bonchev–Trinajstić information content (AvgIpc) is 2.30. The lowest BCUT2D eigenvalue weighted by Gasteiger charge is -2.13. The first-order valence-electron chi connectivity index (χ1n) is 5.77. The van der Waals surface area contributed by atoms with Crippen molar-refractivity contribution in [3.8, 4) is 0 Å². The van der Waals surface area contributed by atoms with Crippen molar-refractivity contribution in [2.24, 2.45) is 0 Å². The minimum atomic E-state index is -0.811. The summed E-state index contributed by atoms with van der Waals surface area (Å²) in [6, 6.07) is 5.56. The molecule has 0 aliphatic heterocycles. The molecule has 0 aliphatic rings. The van der Waals surface area contributed by atoms with E-state index in [2.05, 4.69) is 21.2 Å². The number of benzene rings is 1. The van der Waals surface area contributed by atoms with E-state index in [-0.39, 0.29) is 11.9 Å². The molecule has 1 aromatic rings. The number of carbonyl (C=O) groups excluding carboxylic acids is 1. The minimum Gasteiger partial charge on any atom is -0.350 e. The van der Waals surface area contributed by atoms with Gasteiger partial charge >= 0.3 is 0 Å². The van der Waals surface area contributed by atoms with E-state index in [1.165, 1.54) is 0 Å². The van der Waals surface area contributed by atoms with Crippen molar-refractivity contribution in [1.82, 2.24) is 5.32 Å². The topological polar surface area (TPSA) is 46.2 Å². The first-order chi connectivity index (χ1) is 8.40. The van der Waals surface area contributed by atoms with Gasteiger partial charge in [0.15, 0.2) is 0 Å². The van der Waals surface area contributed by atoms with E-state index in [1.54, 1.807) is 12.3 Å². The van der Waals surface area contributed by atoms with Crippen LogP contribution in [-0.2, 0) is 10.8 Å². The highest BCUT2D eigenvalue weighted by Gasteiger charge is 2.11. The third kappa shape index (κ3) is 4.90. The number of nitrogens with one attached hydrogen (secondary N) is 1. The maximum absolute atomic E-state index is 12.0. The van der Waals surface area contributed by atoms with E-state index >= 15 is 0 Å². The molecular weight excluding hydrogens is 314 g/mol. The Balaban J connectivity index is 2.59. The minimum absolute atomic E-state index is 0.0291. The molecule has 0 bridgehead atoms. The van der Waals surface area contributed by atoms with Crippen LogP contribution in [0.1, 0.15) is 29.3 Å². The quantitative estimate of drug-likeness (QED) is 0.901. The van der Waals surface area contributed by atoms with Gasteiger partial charge in [-0.3, -0.25) is 9.00 Å². The summed E-state index contributed by atoms with van der Waals surface area (Å²) >= 11 is 3.41. The van der Waals surface area contributed by atoms with Gasteiger partial charge in [0.25, 0.3) is 5.91 Å². The number of rotatable bonds is 5. The van der Waals surface area contributed by atoms with Gasteiger partial charge in [-0.2, -0.15) is 0 Å². The summed E-state index contributed by atoms with van der Waals surface area (Å²) in [6.07, 6.45) is 2.40.